The fraction of sp³-hybridized carbons (Fsp3) is 1.00. The first-order valence-electron chi connectivity index (χ1n) is 6.20. The molecule has 0 aromatic heterocycles. The van der Waals surface area contributed by atoms with Crippen molar-refractivity contribution in [3.05, 3.63) is 0 Å². The van der Waals surface area contributed by atoms with Gasteiger partial charge in [-0.2, -0.15) is 0 Å². The van der Waals surface area contributed by atoms with Crippen molar-refractivity contribution in [2.24, 2.45) is 5.92 Å². The summed E-state index contributed by atoms with van der Waals surface area (Å²) >= 11 is 3.46. The van der Waals surface area contributed by atoms with Gasteiger partial charge < -0.3 is 10.0 Å². The molecule has 3 heteroatoms. The Kier molecular flexibility index (Phi) is 6.86. The summed E-state index contributed by atoms with van der Waals surface area (Å²) in [6.45, 7) is 5.55. The van der Waals surface area contributed by atoms with Crippen molar-refractivity contribution in [1.82, 2.24) is 4.90 Å². The highest BCUT2D eigenvalue weighted by Gasteiger charge is 2.21. The first-order valence-corrected chi connectivity index (χ1v) is 7.32. The summed E-state index contributed by atoms with van der Waals surface area (Å²) in [5.41, 5.74) is 0. The predicted molar refractivity (Wildman–Crippen MR) is 68.5 cm³/mol. The van der Waals surface area contributed by atoms with E-state index in [9.17, 15) is 5.11 Å². The molecule has 0 aromatic carbocycles. The van der Waals surface area contributed by atoms with Gasteiger partial charge in [0.1, 0.15) is 0 Å². The molecule has 1 saturated heterocycles. The molecule has 0 bridgehead atoms. The smallest absolute Gasteiger partial charge is 0.0541 e. The molecule has 0 radical (unpaired) electrons. The van der Waals surface area contributed by atoms with E-state index in [4.69, 9.17) is 0 Å². The third kappa shape index (κ3) is 5.32. The maximum Gasteiger partial charge on any atom is 0.0541 e. The van der Waals surface area contributed by atoms with E-state index in [1.165, 1.54) is 51.7 Å². The summed E-state index contributed by atoms with van der Waals surface area (Å²) in [5.74, 6) is 0.545. The predicted octanol–water partition coefficient (Wildman–Crippen LogP) is 2.64. The van der Waals surface area contributed by atoms with E-state index in [0.717, 1.165) is 5.33 Å². The van der Waals surface area contributed by atoms with Crippen LogP contribution < -0.4 is 0 Å². The highest BCUT2D eigenvalue weighted by molar-refractivity contribution is 9.09. The number of unbranched alkanes of at least 4 members (excludes halogenated alkanes) is 2. The number of rotatable bonds is 6. The van der Waals surface area contributed by atoms with Crippen LogP contribution in [0.2, 0.25) is 0 Å². The van der Waals surface area contributed by atoms with E-state index in [1.807, 2.05) is 6.92 Å². The summed E-state index contributed by atoms with van der Waals surface area (Å²) in [7, 11) is 0. The lowest BCUT2D eigenvalue weighted by molar-refractivity contribution is 0.0714. The summed E-state index contributed by atoms with van der Waals surface area (Å²) in [6.07, 6.45) is 6.20. The van der Waals surface area contributed by atoms with Crippen molar-refractivity contribution in [3.63, 3.8) is 0 Å². The minimum atomic E-state index is -0.111. The van der Waals surface area contributed by atoms with E-state index in [-0.39, 0.29) is 6.10 Å². The lowest BCUT2D eigenvalue weighted by Crippen LogP contribution is -2.37. The lowest BCUT2D eigenvalue weighted by atomic mass is 9.92. The van der Waals surface area contributed by atoms with E-state index in [1.54, 1.807) is 0 Å². The largest absolute Gasteiger partial charge is 0.393 e. The molecule has 0 aliphatic carbocycles. The molecule has 0 saturated carbocycles. The van der Waals surface area contributed by atoms with Crippen LogP contribution in [0.4, 0.5) is 0 Å². The van der Waals surface area contributed by atoms with Gasteiger partial charge in [-0.3, -0.25) is 0 Å². The molecule has 1 N–H and O–H groups in total. The van der Waals surface area contributed by atoms with E-state index < -0.39 is 0 Å². The Morgan fingerprint density at radius 3 is 2.47 bits per heavy atom. The first-order chi connectivity index (χ1) is 7.24. The van der Waals surface area contributed by atoms with E-state index in [2.05, 4.69) is 20.8 Å². The first kappa shape index (κ1) is 13.5. The second kappa shape index (κ2) is 7.64. The number of hydrogen-bond acceptors (Lipinski definition) is 2. The van der Waals surface area contributed by atoms with Gasteiger partial charge in [-0.15, -0.1) is 0 Å². The Morgan fingerprint density at radius 2 is 1.93 bits per heavy atom. The second-order valence-electron chi connectivity index (χ2n) is 4.67. The summed E-state index contributed by atoms with van der Waals surface area (Å²) in [6, 6.07) is 0. The molecule has 1 fully saturated rings. The van der Waals surface area contributed by atoms with Gasteiger partial charge in [-0.05, 0) is 58.2 Å². The molecule has 1 unspecified atom stereocenters. The molecule has 1 rings (SSSR count). The van der Waals surface area contributed by atoms with Crippen LogP contribution in [-0.4, -0.2) is 41.1 Å². The molecule has 0 amide bonds. The number of piperidine rings is 1. The van der Waals surface area contributed by atoms with Crippen molar-refractivity contribution >= 4 is 15.9 Å². The Bertz CT molecular complexity index is 156. The van der Waals surface area contributed by atoms with Crippen molar-refractivity contribution in [2.45, 2.75) is 45.1 Å². The van der Waals surface area contributed by atoms with Crippen LogP contribution in [-0.2, 0) is 0 Å². The van der Waals surface area contributed by atoms with Crippen molar-refractivity contribution in [3.8, 4) is 0 Å². The SMILES string of the molecule is CC(O)C1CCN(CCCCCBr)CC1. The molecule has 1 aliphatic rings. The van der Waals surface area contributed by atoms with Crippen LogP contribution in [0, 0.1) is 5.92 Å². The topological polar surface area (TPSA) is 23.5 Å². The second-order valence-corrected chi connectivity index (χ2v) is 5.46. The van der Waals surface area contributed by atoms with E-state index in [0.29, 0.717) is 5.92 Å². The fourth-order valence-corrected chi connectivity index (χ4v) is 2.66. The quantitative estimate of drug-likeness (QED) is 0.596. The highest BCUT2D eigenvalue weighted by atomic mass is 79.9. The number of aliphatic hydroxyl groups is 1. The highest BCUT2D eigenvalue weighted by Crippen LogP contribution is 2.20. The molecule has 1 aliphatic heterocycles. The van der Waals surface area contributed by atoms with Crippen molar-refractivity contribution in [2.75, 3.05) is 25.0 Å². The lowest BCUT2D eigenvalue weighted by Gasteiger charge is -2.33. The van der Waals surface area contributed by atoms with Crippen LogP contribution in [0.25, 0.3) is 0 Å². The number of halogens is 1. The molecule has 2 nitrogen and oxygen atoms in total. The third-order valence-corrected chi connectivity index (χ3v) is 3.98. The Morgan fingerprint density at radius 1 is 1.27 bits per heavy atom. The summed E-state index contributed by atoms with van der Waals surface area (Å²) in [5, 5.41) is 10.6. The number of nitrogens with zero attached hydrogens (tertiary/aromatic N) is 1. The van der Waals surface area contributed by atoms with Crippen molar-refractivity contribution < 1.29 is 5.11 Å². The van der Waals surface area contributed by atoms with Gasteiger partial charge in [-0.1, -0.05) is 22.4 Å². The molecule has 0 aromatic rings. The zero-order chi connectivity index (χ0) is 11.1. The summed E-state index contributed by atoms with van der Waals surface area (Å²) < 4.78 is 0. The van der Waals surface area contributed by atoms with Crippen LogP contribution in [0.5, 0.6) is 0 Å². The number of alkyl halides is 1. The van der Waals surface area contributed by atoms with Gasteiger partial charge in [0.25, 0.3) is 0 Å². The van der Waals surface area contributed by atoms with Crippen LogP contribution in [0.1, 0.15) is 39.0 Å². The number of aliphatic hydroxyl groups excluding tert-OH is 1. The van der Waals surface area contributed by atoms with Gasteiger partial charge in [0, 0.05) is 5.33 Å². The van der Waals surface area contributed by atoms with Crippen LogP contribution in [0.15, 0.2) is 0 Å². The average Bonchev–Trinajstić information content (AvgIpc) is 2.25. The van der Waals surface area contributed by atoms with Gasteiger partial charge >= 0.3 is 0 Å². The molecule has 1 heterocycles. The number of likely N-dealkylation sites (tertiary alicyclic amines) is 1. The zero-order valence-electron chi connectivity index (χ0n) is 9.79. The van der Waals surface area contributed by atoms with Crippen LogP contribution in [0.3, 0.4) is 0 Å². The van der Waals surface area contributed by atoms with Gasteiger partial charge in [0.15, 0.2) is 0 Å². The number of hydrogen-bond donors (Lipinski definition) is 1. The molecule has 90 valence electrons. The normalized spacial score (nSPS) is 21.8. The molecule has 15 heavy (non-hydrogen) atoms. The Labute approximate surface area is 102 Å². The minimum Gasteiger partial charge on any atom is -0.393 e. The third-order valence-electron chi connectivity index (χ3n) is 3.42. The van der Waals surface area contributed by atoms with Crippen molar-refractivity contribution in [1.29, 1.82) is 0 Å². The molecule has 1 atom stereocenters. The van der Waals surface area contributed by atoms with Gasteiger partial charge in [-0.25, -0.2) is 0 Å². The van der Waals surface area contributed by atoms with Gasteiger partial charge in [0.05, 0.1) is 6.10 Å². The van der Waals surface area contributed by atoms with Gasteiger partial charge in [0.2, 0.25) is 0 Å². The fourth-order valence-electron chi connectivity index (χ4n) is 2.27. The standard InChI is InChI=1S/C12H24BrNO/c1-11(15)12-5-9-14(10-6-12)8-4-2-3-7-13/h11-12,15H,2-10H2,1H3. The Balaban J connectivity index is 2.04. The zero-order valence-corrected chi connectivity index (χ0v) is 11.4. The average molecular weight is 278 g/mol. The van der Waals surface area contributed by atoms with E-state index >= 15 is 0 Å². The Hall–Kier alpha value is 0.400. The molecular formula is C12H24BrNO. The molecule has 0 spiro atoms. The minimum absolute atomic E-state index is 0.111. The molecular weight excluding hydrogens is 254 g/mol. The monoisotopic (exact) mass is 277 g/mol. The summed E-state index contributed by atoms with van der Waals surface area (Å²) in [4.78, 5) is 2.55. The maximum absolute atomic E-state index is 9.49. The van der Waals surface area contributed by atoms with Crippen LogP contribution >= 0.6 is 15.9 Å². The maximum atomic E-state index is 9.49.